The van der Waals surface area contributed by atoms with E-state index < -0.39 is 5.91 Å². The standard InChI is InChI=1S/C24H26Cl2N6O/c1-2-31-9-11-32(12-10-31)19-7-4-16(5-8-19)23-29-15-20(22(27)33)24(30-23)28-14-17-3-6-18(25)13-21(17)26/h3-8,13,15H,2,9-12,14H2,1H3,(H2,27,33)(H,28,29,30). The molecule has 0 atom stereocenters. The smallest absolute Gasteiger partial charge is 0.254 e. The Kier molecular flexibility index (Phi) is 7.33. The number of nitrogens with one attached hydrogen (secondary N) is 1. The van der Waals surface area contributed by atoms with Crippen LogP contribution in [0.5, 0.6) is 0 Å². The zero-order chi connectivity index (χ0) is 23.4. The summed E-state index contributed by atoms with van der Waals surface area (Å²) in [5.41, 5.74) is 8.61. The van der Waals surface area contributed by atoms with Gasteiger partial charge in [-0.15, -0.1) is 0 Å². The van der Waals surface area contributed by atoms with Crippen LogP contribution in [0.2, 0.25) is 10.0 Å². The molecule has 7 nitrogen and oxygen atoms in total. The molecule has 9 heteroatoms. The van der Waals surface area contributed by atoms with Crippen LogP contribution in [0.4, 0.5) is 11.5 Å². The molecule has 0 radical (unpaired) electrons. The molecule has 1 fully saturated rings. The van der Waals surface area contributed by atoms with E-state index in [-0.39, 0.29) is 5.56 Å². The summed E-state index contributed by atoms with van der Waals surface area (Å²) < 4.78 is 0. The summed E-state index contributed by atoms with van der Waals surface area (Å²) in [5, 5.41) is 4.25. The van der Waals surface area contributed by atoms with Crippen LogP contribution in [-0.4, -0.2) is 53.5 Å². The van der Waals surface area contributed by atoms with Crippen LogP contribution in [0.3, 0.4) is 0 Å². The fraction of sp³-hybridized carbons (Fsp3) is 0.292. The topological polar surface area (TPSA) is 87.4 Å². The molecule has 1 aromatic heterocycles. The van der Waals surface area contributed by atoms with E-state index >= 15 is 0 Å². The first-order valence-electron chi connectivity index (χ1n) is 10.9. The summed E-state index contributed by atoms with van der Waals surface area (Å²) in [6.45, 7) is 7.81. The van der Waals surface area contributed by atoms with Gasteiger partial charge in [0.2, 0.25) is 0 Å². The molecule has 172 valence electrons. The van der Waals surface area contributed by atoms with Crippen molar-refractivity contribution >= 4 is 40.6 Å². The third kappa shape index (κ3) is 5.55. The zero-order valence-electron chi connectivity index (χ0n) is 18.4. The molecule has 2 aromatic carbocycles. The molecule has 1 amide bonds. The van der Waals surface area contributed by atoms with Crippen LogP contribution in [0.15, 0.2) is 48.7 Å². The minimum absolute atomic E-state index is 0.217. The number of amides is 1. The van der Waals surface area contributed by atoms with Crippen molar-refractivity contribution in [1.82, 2.24) is 14.9 Å². The lowest BCUT2D eigenvalue weighted by atomic mass is 10.1. The second-order valence-electron chi connectivity index (χ2n) is 7.88. The minimum atomic E-state index is -0.604. The number of benzene rings is 2. The van der Waals surface area contributed by atoms with E-state index in [9.17, 15) is 4.79 Å². The van der Waals surface area contributed by atoms with Crippen molar-refractivity contribution in [2.24, 2.45) is 5.73 Å². The van der Waals surface area contributed by atoms with Crippen LogP contribution >= 0.6 is 23.2 Å². The average Bonchev–Trinajstić information content (AvgIpc) is 2.83. The Morgan fingerprint density at radius 3 is 2.45 bits per heavy atom. The Morgan fingerprint density at radius 1 is 1.09 bits per heavy atom. The summed E-state index contributed by atoms with van der Waals surface area (Å²) in [4.78, 5) is 25.7. The first-order chi connectivity index (χ1) is 15.9. The van der Waals surface area contributed by atoms with Crippen LogP contribution < -0.4 is 16.0 Å². The maximum absolute atomic E-state index is 11.9. The molecule has 1 aliphatic heterocycles. The number of primary amides is 1. The van der Waals surface area contributed by atoms with Crippen LogP contribution in [-0.2, 0) is 6.54 Å². The highest BCUT2D eigenvalue weighted by Gasteiger charge is 2.17. The predicted octanol–water partition coefficient (Wildman–Crippen LogP) is 4.30. The largest absolute Gasteiger partial charge is 0.369 e. The molecule has 33 heavy (non-hydrogen) atoms. The third-order valence-corrected chi connectivity index (χ3v) is 6.41. The Hall–Kier alpha value is -2.87. The first-order valence-corrected chi connectivity index (χ1v) is 11.6. The summed E-state index contributed by atoms with van der Waals surface area (Å²) in [6, 6.07) is 13.4. The van der Waals surface area contributed by atoms with Gasteiger partial charge in [-0.2, -0.15) is 0 Å². The van der Waals surface area contributed by atoms with Crippen LogP contribution in [0.1, 0.15) is 22.8 Å². The van der Waals surface area contributed by atoms with E-state index in [4.69, 9.17) is 28.9 Å². The van der Waals surface area contributed by atoms with Crippen molar-refractivity contribution in [3.05, 3.63) is 69.8 Å². The molecule has 3 N–H and O–H groups in total. The number of carbonyl (C=O) groups excluding carboxylic acids is 1. The van der Waals surface area contributed by atoms with Crippen molar-refractivity contribution in [1.29, 1.82) is 0 Å². The zero-order valence-corrected chi connectivity index (χ0v) is 19.9. The van der Waals surface area contributed by atoms with Crippen molar-refractivity contribution in [2.75, 3.05) is 42.9 Å². The highest BCUT2D eigenvalue weighted by Crippen LogP contribution is 2.25. The SMILES string of the molecule is CCN1CCN(c2ccc(-c3ncc(C(N)=O)c(NCc4ccc(Cl)cc4Cl)n3)cc2)CC1. The number of nitrogens with two attached hydrogens (primary N) is 1. The van der Waals surface area contributed by atoms with Gasteiger partial charge in [0, 0.05) is 60.2 Å². The molecule has 0 unspecified atom stereocenters. The van der Waals surface area contributed by atoms with Gasteiger partial charge in [-0.05, 0) is 48.5 Å². The lowest BCUT2D eigenvalue weighted by molar-refractivity contribution is 0.100. The molecule has 1 saturated heterocycles. The van der Waals surface area contributed by atoms with Crippen molar-refractivity contribution in [3.63, 3.8) is 0 Å². The minimum Gasteiger partial charge on any atom is -0.369 e. The number of nitrogens with zero attached hydrogens (tertiary/aromatic N) is 4. The molecule has 0 spiro atoms. The second kappa shape index (κ2) is 10.4. The number of halogens is 2. The number of carbonyl (C=O) groups is 1. The van der Waals surface area contributed by atoms with Crippen molar-refractivity contribution in [2.45, 2.75) is 13.5 Å². The fourth-order valence-electron chi connectivity index (χ4n) is 3.82. The van der Waals surface area contributed by atoms with Gasteiger partial charge in [0.05, 0.1) is 5.56 Å². The summed E-state index contributed by atoms with van der Waals surface area (Å²) in [7, 11) is 0. The average molecular weight is 485 g/mol. The number of piperazine rings is 1. The van der Waals surface area contributed by atoms with Gasteiger partial charge >= 0.3 is 0 Å². The molecule has 0 bridgehead atoms. The summed E-state index contributed by atoms with van der Waals surface area (Å²) in [6.07, 6.45) is 1.45. The Morgan fingerprint density at radius 2 is 1.82 bits per heavy atom. The van der Waals surface area contributed by atoms with Gasteiger partial charge in [-0.1, -0.05) is 36.2 Å². The number of hydrogen-bond acceptors (Lipinski definition) is 6. The number of anilines is 2. The lowest BCUT2D eigenvalue weighted by Crippen LogP contribution is -2.46. The monoisotopic (exact) mass is 484 g/mol. The third-order valence-electron chi connectivity index (χ3n) is 5.83. The van der Waals surface area contributed by atoms with E-state index in [0.29, 0.717) is 28.2 Å². The Balaban J connectivity index is 1.52. The van der Waals surface area contributed by atoms with E-state index in [2.05, 4.69) is 44.1 Å². The van der Waals surface area contributed by atoms with Gasteiger partial charge < -0.3 is 20.9 Å². The Bertz CT molecular complexity index is 1130. The normalized spacial score (nSPS) is 14.3. The molecule has 1 aliphatic rings. The van der Waals surface area contributed by atoms with Gasteiger partial charge in [-0.25, -0.2) is 9.97 Å². The molecule has 0 saturated carbocycles. The molecular weight excluding hydrogens is 459 g/mol. The highest BCUT2D eigenvalue weighted by atomic mass is 35.5. The van der Waals surface area contributed by atoms with Crippen molar-refractivity contribution in [3.8, 4) is 11.4 Å². The number of rotatable bonds is 7. The second-order valence-corrected chi connectivity index (χ2v) is 8.72. The maximum Gasteiger partial charge on any atom is 0.254 e. The van der Waals surface area contributed by atoms with E-state index in [1.54, 1.807) is 12.1 Å². The molecule has 4 rings (SSSR count). The molecule has 3 aromatic rings. The van der Waals surface area contributed by atoms with Crippen LogP contribution in [0, 0.1) is 0 Å². The maximum atomic E-state index is 11.9. The first kappa shape index (κ1) is 23.3. The van der Waals surface area contributed by atoms with Gasteiger partial charge in [0.25, 0.3) is 5.91 Å². The predicted molar refractivity (Wildman–Crippen MR) is 134 cm³/mol. The van der Waals surface area contributed by atoms with Crippen molar-refractivity contribution < 1.29 is 4.79 Å². The van der Waals surface area contributed by atoms with Gasteiger partial charge in [0.1, 0.15) is 5.82 Å². The van der Waals surface area contributed by atoms with Crippen LogP contribution in [0.25, 0.3) is 11.4 Å². The van der Waals surface area contributed by atoms with Gasteiger partial charge in [0.15, 0.2) is 5.82 Å². The molecular formula is C24H26Cl2N6O. The summed E-state index contributed by atoms with van der Waals surface area (Å²) >= 11 is 12.2. The Labute approximate surface area is 203 Å². The molecule has 2 heterocycles. The number of aromatic nitrogens is 2. The number of likely N-dealkylation sites (N-methyl/N-ethyl adjacent to an activating group) is 1. The molecule has 0 aliphatic carbocycles. The van der Waals surface area contributed by atoms with Gasteiger partial charge in [-0.3, -0.25) is 4.79 Å². The summed E-state index contributed by atoms with van der Waals surface area (Å²) in [5.74, 6) is 0.262. The highest BCUT2D eigenvalue weighted by molar-refractivity contribution is 6.35. The van der Waals surface area contributed by atoms with E-state index in [1.807, 2.05) is 18.2 Å². The quantitative estimate of drug-likeness (QED) is 0.519. The lowest BCUT2D eigenvalue weighted by Gasteiger charge is -2.35. The fourth-order valence-corrected chi connectivity index (χ4v) is 4.30. The van der Waals surface area contributed by atoms with E-state index in [1.165, 1.54) is 11.9 Å². The number of hydrogen-bond donors (Lipinski definition) is 2. The van der Waals surface area contributed by atoms with E-state index in [0.717, 1.165) is 43.9 Å².